The molecule has 1 aliphatic carbocycles. The standard InChI is InChI=1S/C16H27N3O2/c1-16(2,3)21-15(20)19(14-5-6-14)10-4-8-17-11-13-7-9-18-12-13/h7,9,12,14,17-18H,4-6,8,10-11H2,1-3H3. The van der Waals surface area contributed by atoms with Crippen LogP contribution in [0.3, 0.4) is 0 Å². The first kappa shape index (κ1) is 15.9. The molecular weight excluding hydrogens is 266 g/mol. The Labute approximate surface area is 127 Å². The van der Waals surface area contributed by atoms with Crippen LogP contribution < -0.4 is 5.32 Å². The molecule has 1 amide bonds. The average molecular weight is 293 g/mol. The lowest BCUT2D eigenvalue weighted by molar-refractivity contribution is 0.0232. The fourth-order valence-electron chi connectivity index (χ4n) is 2.21. The fraction of sp³-hybridized carbons (Fsp3) is 0.688. The second-order valence-corrected chi connectivity index (χ2v) is 6.65. The Bertz CT molecular complexity index is 433. The topological polar surface area (TPSA) is 57.4 Å². The number of H-pyrrole nitrogens is 1. The van der Waals surface area contributed by atoms with Gasteiger partial charge >= 0.3 is 6.09 Å². The molecule has 1 aromatic heterocycles. The third-order valence-electron chi connectivity index (χ3n) is 3.36. The summed E-state index contributed by atoms with van der Waals surface area (Å²) in [6.45, 7) is 8.26. The number of hydrogen-bond acceptors (Lipinski definition) is 3. The fourth-order valence-corrected chi connectivity index (χ4v) is 2.21. The van der Waals surface area contributed by atoms with Crippen molar-refractivity contribution < 1.29 is 9.53 Å². The molecule has 0 aromatic carbocycles. The summed E-state index contributed by atoms with van der Waals surface area (Å²) in [7, 11) is 0. The number of carbonyl (C=O) groups excluding carboxylic acids is 1. The summed E-state index contributed by atoms with van der Waals surface area (Å²) in [6.07, 6.45) is 6.90. The highest BCUT2D eigenvalue weighted by Gasteiger charge is 2.34. The number of amides is 1. The summed E-state index contributed by atoms with van der Waals surface area (Å²) in [6, 6.07) is 2.45. The molecule has 1 aromatic rings. The van der Waals surface area contributed by atoms with Crippen molar-refractivity contribution >= 4 is 6.09 Å². The molecule has 5 nitrogen and oxygen atoms in total. The Morgan fingerprint density at radius 2 is 2.24 bits per heavy atom. The summed E-state index contributed by atoms with van der Waals surface area (Å²) < 4.78 is 5.48. The molecular formula is C16H27N3O2. The lowest BCUT2D eigenvalue weighted by atomic mass is 10.2. The van der Waals surface area contributed by atoms with E-state index in [1.807, 2.05) is 38.1 Å². The van der Waals surface area contributed by atoms with Gasteiger partial charge in [-0.1, -0.05) is 0 Å². The Hall–Kier alpha value is -1.49. The highest BCUT2D eigenvalue weighted by atomic mass is 16.6. The maximum atomic E-state index is 12.2. The van der Waals surface area contributed by atoms with Crippen LogP contribution >= 0.6 is 0 Å². The zero-order chi connectivity index (χ0) is 15.3. The van der Waals surface area contributed by atoms with Gasteiger partial charge in [0.1, 0.15) is 5.60 Å². The monoisotopic (exact) mass is 293 g/mol. The Balaban J connectivity index is 1.67. The van der Waals surface area contributed by atoms with E-state index in [0.717, 1.165) is 38.9 Å². The first-order valence-corrected chi connectivity index (χ1v) is 7.78. The molecule has 0 radical (unpaired) electrons. The van der Waals surface area contributed by atoms with Gasteiger partial charge in [0.25, 0.3) is 0 Å². The number of nitrogens with zero attached hydrogens (tertiary/aromatic N) is 1. The molecule has 0 atom stereocenters. The number of aromatic amines is 1. The zero-order valence-corrected chi connectivity index (χ0v) is 13.3. The molecule has 0 saturated heterocycles. The summed E-state index contributed by atoms with van der Waals surface area (Å²) in [4.78, 5) is 17.1. The van der Waals surface area contributed by atoms with Crippen LogP contribution in [0.1, 0.15) is 45.6 Å². The van der Waals surface area contributed by atoms with Gasteiger partial charge in [0.2, 0.25) is 0 Å². The minimum atomic E-state index is -0.420. The second-order valence-electron chi connectivity index (χ2n) is 6.65. The molecule has 1 aliphatic rings. The van der Waals surface area contributed by atoms with Crippen LogP contribution in [0.4, 0.5) is 4.79 Å². The smallest absolute Gasteiger partial charge is 0.410 e. The van der Waals surface area contributed by atoms with Crippen molar-refractivity contribution in [2.75, 3.05) is 13.1 Å². The molecule has 1 fully saturated rings. The first-order chi connectivity index (χ1) is 9.96. The van der Waals surface area contributed by atoms with Gasteiger partial charge in [-0.15, -0.1) is 0 Å². The van der Waals surface area contributed by atoms with E-state index in [1.165, 1.54) is 5.56 Å². The molecule has 2 N–H and O–H groups in total. The van der Waals surface area contributed by atoms with Crippen molar-refractivity contribution in [1.29, 1.82) is 0 Å². The van der Waals surface area contributed by atoms with Crippen LogP contribution in [0.25, 0.3) is 0 Å². The molecule has 0 unspecified atom stereocenters. The van der Waals surface area contributed by atoms with Gasteiger partial charge in [0, 0.05) is 31.5 Å². The highest BCUT2D eigenvalue weighted by molar-refractivity contribution is 5.69. The van der Waals surface area contributed by atoms with Gasteiger partial charge in [0.15, 0.2) is 0 Å². The van der Waals surface area contributed by atoms with Gasteiger partial charge < -0.3 is 19.9 Å². The largest absolute Gasteiger partial charge is 0.444 e. The van der Waals surface area contributed by atoms with Gasteiger partial charge in [-0.25, -0.2) is 4.79 Å². The van der Waals surface area contributed by atoms with Crippen molar-refractivity contribution in [3.05, 3.63) is 24.0 Å². The van der Waals surface area contributed by atoms with Crippen LogP contribution in [-0.4, -0.2) is 40.7 Å². The zero-order valence-electron chi connectivity index (χ0n) is 13.3. The maximum absolute atomic E-state index is 12.2. The van der Waals surface area contributed by atoms with E-state index < -0.39 is 5.60 Å². The molecule has 2 rings (SSSR count). The van der Waals surface area contributed by atoms with E-state index in [9.17, 15) is 4.79 Å². The van der Waals surface area contributed by atoms with Crippen LogP contribution in [0.5, 0.6) is 0 Å². The molecule has 0 bridgehead atoms. The Morgan fingerprint density at radius 3 is 2.81 bits per heavy atom. The Morgan fingerprint density at radius 1 is 1.48 bits per heavy atom. The molecule has 1 heterocycles. The van der Waals surface area contributed by atoms with E-state index in [0.29, 0.717) is 6.04 Å². The van der Waals surface area contributed by atoms with E-state index in [4.69, 9.17) is 4.74 Å². The van der Waals surface area contributed by atoms with Crippen LogP contribution in [-0.2, 0) is 11.3 Å². The van der Waals surface area contributed by atoms with E-state index in [2.05, 4.69) is 16.4 Å². The lowest BCUT2D eigenvalue weighted by Gasteiger charge is -2.27. The number of ether oxygens (including phenoxy) is 1. The molecule has 1 saturated carbocycles. The van der Waals surface area contributed by atoms with Crippen LogP contribution in [0.2, 0.25) is 0 Å². The summed E-state index contributed by atoms with van der Waals surface area (Å²) >= 11 is 0. The van der Waals surface area contributed by atoms with Crippen LogP contribution in [0, 0.1) is 0 Å². The summed E-state index contributed by atoms with van der Waals surface area (Å²) in [5.41, 5.74) is 0.831. The summed E-state index contributed by atoms with van der Waals surface area (Å²) in [5.74, 6) is 0. The molecule has 0 spiro atoms. The highest BCUT2D eigenvalue weighted by Crippen LogP contribution is 2.28. The SMILES string of the molecule is CC(C)(C)OC(=O)N(CCCNCc1cc[nH]c1)C1CC1. The lowest BCUT2D eigenvalue weighted by Crippen LogP contribution is -2.39. The molecule has 118 valence electrons. The van der Waals surface area contributed by atoms with Crippen molar-refractivity contribution in [2.45, 2.75) is 58.2 Å². The molecule has 5 heteroatoms. The predicted octanol–water partition coefficient (Wildman–Crippen LogP) is 2.89. The minimum absolute atomic E-state index is 0.171. The first-order valence-electron chi connectivity index (χ1n) is 7.78. The number of hydrogen-bond donors (Lipinski definition) is 2. The number of rotatable bonds is 7. The maximum Gasteiger partial charge on any atom is 0.410 e. The van der Waals surface area contributed by atoms with Gasteiger partial charge in [0.05, 0.1) is 0 Å². The van der Waals surface area contributed by atoms with Crippen molar-refractivity contribution in [3.63, 3.8) is 0 Å². The molecule has 21 heavy (non-hydrogen) atoms. The van der Waals surface area contributed by atoms with Gasteiger partial charge in [-0.2, -0.15) is 0 Å². The van der Waals surface area contributed by atoms with Gasteiger partial charge in [-0.05, 0) is 58.2 Å². The van der Waals surface area contributed by atoms with Crippen molar-refractivity contribution in [3.8, 4) is 0 Å². The minimum Gasteiger partial charge on any atom is -0.444 e. The summed E-state index contributed by atoms with van der Waals surface area (Å²) in [5, 5.41) is 3.39. The quantitative estimate of drug-likeness (QED) is 0.760. The number of carbonyl (C=O) groups is 1. The normalized spacial score (nSPS) is 15.0. The van der Waals surface area contributed by atoms with Crippen molar-refractivity contribution in [2.24, 2.45) is 0 Å². The Kier molecular flexibility index (Phi) is 5.28. The van der Waals surface area contributed by atoms with Crippen molar-refractivity contribution in [1.82, 2.24) is 15.2 Å². The number of nitrogens with one attached hydrogen (secondary N) is 2. The van der Waals surface area contributed by atoms with E-state index >= 15 is 0 Å². The van der Waals surface area contributed by atoms with Gasteiger partial charge in [-0.3, -0.25) is 0 Å². The third-order valence-corrected chi connectivity index (χ3v) is 3.36. The number of aromatic nitrogens is 1. The van der Waals surface area contributed by atoms with E-state index in [-0.39, 0.29) is 6.09 Å². The third kappa shape index (κ3) is 5.79. The van der Waals surface area contributed by atoms with E-state index in [1.54, 1.807) is 0 Å². The second kappa shape index (κ2) is 6.98. The van der Waals surface area contributed by atoms with Crippen LogP contribution in [0.15, 0.2) is 18.5 Å². The average Bonchev–Trinajstić information content (AvgIpc) is 3.07. The predicted molar refractivity (Wildman–Crippen MR) is 83.1 cm³/mol. The molecule has 0 aliphatic heterocycles.